The molecule has 2 aromatic carbocycles. The van der Waals surface area contributed by atoms with Gasteiger partial charge in [0, 0.05) is 11.9 Å². The molecular weight excluding hydrogens is 374 g/mol. The number of aromatic carboxylic acids is 1. The van der Waals surface area contributed by atoms with E-state index in [4.69, 9.17) is 11.6 Å². The monoisotopic (exact) mass is 380 g/mol. The van der Waals surface area contributed by atoms with E-state index in [0.717, 1.165) is 22.9 Å². The second-order valence-electron chi connectivity index (χ2n) is 5.20. The van der Waals surface area contributed by atoms with Gasteiger partial charge in [0.25, 0.3) is 0 Å². The topological polar surface area (TPSA) is 102 Å². The van der Waals surface area contributed by atoms with E-state index in [1.54, 1.807) is 0 Å². The first-order valence-corrected chi connectivity index (χ1v) is 7.31. The van der Waals surface area contributed by atoms with Crippen LogP contribution in [0.5, 0.6) is 0 Å². The van der Waals surface area contributed by atoms with Crippen LogP contribution in [-0.4, -0.2) is 20.6 Å². The minimum absolute atomic E-state index is 0.115. The molecule has 0 amide bonds. The summed E-state index contributed by atoms with van der Waals surface area (Å²) in [6, 6.07) is 5.14. The van der Waals surface area contributed by atoms with Crippen LogP contribution in [0.25, 0.3) is 16.6 Å². The Morgan fingerprint density at radius 2 is 1.85 bits per heavy atom. The first-order valence-electron chi connectivity index (χ1n) is 6.93. The van der Waals surface area contributed by atoms with Crippen molar-refractivity contribution in [1.82, 2.24) is 4.57 Å². The van der Waals surface area contributed by atoms with Crippen molar-refractivity contribution in [2.24, 2.45) is 0 Å². The number of nitrogens with zero attached hydrogens (tertiary/aromatic N) is 2. The number of nitro groups is 1. The Hall–Kier alpha value is -3.33. The Balaban J connectivity index is 2.61. The molecule has 0 saturated heterocycles. The summed E-state index contributed by atoms with van der Waals surface area (Å²) in [6.07, 6.45) is 0.849. The van der Waals surface area contributed by atoms with Gasteiger partial charge in [-0.1, -0.05) is 11.6 Å². The van der Waals surface area contributed by atoms with Crippen LogP contribution in [0, 0.1) is 21.7 Å². The zero-order valence-electron chi connectivity index (χ0n) is 12.6. The van der Waals surface area contributed by atoms with Gasteiger partial charge in [-0.2, -0.15) is 0 Å². The number of carbonyl (C=O) groups is 1. The number of hydrogen-bond acceptors (Lipinski definition) is 4. The summed E-state index contributed by atoms with van der Waals surface area (Å²) in [5.41, 5.74) is -3.03. The Morgan fingerprint density at radius 3 is 2.38 bits per heavy atom. The number of halogens is 3. The zero-order chi connectivity index (χ0) is 19.2. The highest BCUT2D eigenvalue weighted by molar-refractivity contribution is 6.34. The third-order valence-electron chi connectivity index (χ3n) is 3.67. The van der Waals surface area contributed by atoms with Crippen molar-refractivity contribution >= 4 is 34.2 Å². The average Bonchev–Trinajstić information content (AvgIpc) is 2.57. The summed E-state index contributed by atoms with van der Waals surface area (Å²) < 4.78 is 28.2. The van der Waals surface area contributed by atoms with E-state index in [0.29, 0.717) is 6.07 Å². The number of hydrogen-bond donors (Lipinski definition) is 1. The maximum Gasteiger partial charge on any atom is 0.341 e. The lowest BCUT2D eigenvalue weighted by molar-refractivity contribution is -0.383. The molecule has 0 fully saturated rings. The van der Waals surface area contributed by atoms with Crippen LogP contribution < -0.4 is 5.43 Å². The molecule has 1 aromatic heterocycles. The molecule has 0 unspecified atom stereocenters. The highest BCUT2D eigenvalue weighted by Crippen LogP contribution is 2.35. The predicted molar refractivity (Wildman–Crippen MR) is 88.1 cm³/mol. The van der Waals surface area contributed by atoms with Gasteiger partial charge in [0.05, 0.1) is 10.3 Å². The van der Waals surface area contributed by atoms with Gasteiger partial charge in [0.1, 0.15) is 22.7 Å². The quantitative estimate of drug-likeness (QED) is 0.553. The standard InChI is InChI=1S/C16H7ClF2N2O5/c17-12-11(19)5-9-13(14(12)21(25)26)20(6-10(15(9)22)16(23)24)8-3-1-7(18)2-4-8/h1-6H,(H,23,24). The van der Waals surface area contributed by atoms with Gasteiger partial charge in [-0.15, -0.1) is 0 Å². The van der Waals surface area contributed by atoms with Gasteiger partial charge < -0.3 is 9.67 Å². The lowest BCUT2D eigenvalue weighted by Gasteiger charge is -2.13. The van der Waals surface area contributed by atoms with Crippen LogP contribution in [-0.2, 0) is 0 Å². The van der Waals surface area contributed by atoms with Crippen LogP contribution >= 0.6 is 11.6 Å². The summed E-state index contributed by atoms with van der Waals surface area (Å²) in [5, 5.41) is 19.3. The molecule has 0 atom stereocenters. The molecule has 132 valence electrons. The predicted octanol–water partition coefficient (Wildman–Crippen LogP) is 3.53. The van der Waals surface area contributed by atoms with E-state index in [1.165, 1.54) is 12.1 Å². The fourth-order valence-electron chi connectivity index (χ4n) is 2.54. The second-order valence-corrected chi connectivity index (χ2v) is 5.58. The van der Waals surface area contributed by atoms with Gasteiger partial charge in [-0.25, -0.2) is 13.6 Å². The summed E-state index contributed by atoms with van der Waals surface area (Å²) >= 11 is 5.70. The molecule has 0 aliphatic rings. The largest absolute Gasteiger partial charge is 0.477 e. The first kappa shape index (κ1) is 17.5. The van der Waals surface area contributed by atoms with Crippen molar-refractivity contribution in [3.05, 3.63) is 79.1 Å². The van der Waals surface area contributed by atoms with E-state index in [9.17, 15) is 33.6 Å². The Labute approximate surface area is 147 Å². The summed E-state index contributed by atoms with van der Waals surface area (Å²) in [7, 11) is 0. The molecule has 0 saturated carbocycles. The van der Waals surface area contributed by atoms with Gasteiger partial charge in [0.2, 0.25) is 5.43 Å². The van der Waals surface area contributed by atoms with Crippen LogP contribution in [0.15, 0.2) is 41.3 Å². The molecule has 3 rings (SSSR count). The molecule has 10 heteroatoms. The number of aromatic nitrogens is 1. The number of nitro benzene ring substituents is 1. The fraction of sp³-hybridized carbons (Fsp3) is 0. The summed E-state index contributed by atoms with van der Waals surface area (Å²) in [5.74, 6) is -3.45. The maximum atomic E-state index is 14.0. The maximum absolute atomic E-state index is 14.0. The van der Waals surface area contributed by atoms with Crippen LogP contribution in [0.1, 0.15) is 10.4 Å². The van der Waals surface area contributed by atoms with E-state index < -0.39 is 55.1 Å². The summed E-state index contributed by atoms with van der Waals surface area (Å²) in [6.45, 7) is 0. The van der Waals surface area contributed by atoms with E-state index in [-0.39, 0.29) is 5.69 Å². The third-order valence-corrected chi connectivity index (χ3v) is 4.03. The average molecular weight is 381 g/mol. The number of carboxylic acid groups (broad SMARTS) is 1. The molecule has 0 spiro atoms. The van der Waals surface area contributed by atoms with Crippen molar-refractivity contribution in [2.45, 2.75) is 0 Å². The Morgan fingerprint density at radius 1 is 1.23 bits per heavy atom. The van der Waals surface area contributed by atoms with E-state index >= 15 is 0 Å². The van der Waals surface area contributed by atoms with Crippen LogP contribution in [0.4, 0.5) is 14.5 Å². The minimum Gasteiger partial charge on any atom is -0.477 e. The summed E-state index contributed by atoms with van der Waals surface area (Å²) in [4.78, 5) is 34.1. The molecule has 0 aliphatic carbocycles. The SMILES string of the molecule is O=C(O)c1cn(-c2ccc(F)cc2)c2c([N+](=O)[O-])c(Cl)c(F)cc2c1=O. The lowest BCUT2D eigenvalue weighted by Crippen LogP contribution is -2.19. The number of benzene rings is 2. The lowest BCUT2D eigenvalue weighted by atomic mass is 10.1. The number of fused-ring (bicyclic) bond motifs is 1. The van der Waals surface area contributed by atoms with Gasteiger partial charge in [0.15, 0.2) is 5.02 Å². The number of carboxylic acids is 1. The third kappa shape index (κ3) is 2.68. The minimum atomic E-state index is -1.61. The Kier molecular flexibility index (Phi) is 4.17. The molecule has 0 bridgehead atoms. The highest BCUT2D eigenvalue weighted by atomic mass is 35.5. The molecule has 1 N–H and O–H groups in total. The molecule has 0 radical (unpaired) electrons. The number of rotatable bonds is 3. The molecule has 3 aromatic rings. The molecule has 1 heterocycles. The van der Waals surface area contributed by atoms with Crippen molar-refractivity contribution in [1.29, 1.82) is 0 Å². The van der Waals surface area contributed by atoms with Crippen LogP contribution in [0.2, 0.25) is 5.02 Å². The molecule has 26 heavy (non-hydrogen) atoms. The second kappa shape index (κ2) is 6.19. The van der Waals surface area contributed by atoms with Crippen molar-refractivity contribution in [3.8, 4) is 5.69 Å². The Bertz CT molecular complexity index is 1140. The van der Waals surface area contributed by atoms with Crippen molar-refractivity contribution < 1.29 is 23.6 Å². The molecular formula is C16H7ClF2N2O5. The van der Waals surface area contributed by atoms with E-state index in [2.05, 4.69) is 0 Å². The van der Waals surface area contributed by atoms with Gasteiger partial charge in [-0.3, -0.25) is 14.9 Å². The van der Waals surface area contributed by atoms with Gasteiger partial charge in [-0.05, 0) is 30.3 Å². The first-order chi connectivity index (χ1) is 12.2. The smallest absolute Gasteiger partial charge is 0.341 e. The molecule has 0 aliphatic heterocycles. The zero-order valence-corrected chi connectivity index (χ0v) is 13.3. The fourth-order valence-corrected chi connectivity index (χ4v) is 2.75. The van der Waals surface area contributed by atoms with Crippen LogP contribution in [0.3, 0.4) is 0 Å². The van der Waals surface area contributed by atoms with Crippen molar-refractivity contribution in [3.63, 3.8) is 0 Å². The van der Waals surface area contributed by atoms with Gasteiger partial charge >= 0.3 is 11.7 Å². The normalized spacial score (nSPS) is 10.9. The molecule has 7 nitrogen and oxygen atoms in total. The van der Waals surface area contributed by atoms with E-state index in [1.807, 2.05) is 0 Å². The highest BCUT2D eigenvalue weighted by Gasteiger charge is 2.28. The van der Waals surface area contributed by atoms with Crippen molar-refractivity contribution in [2.75, 3.05) is 0 Å². The number of pyridine rings is 1.